The van der Waals surface area contributed by atoms with Crippen LogP contribution in [0.3, 0.4) is 0 Å². The summed E-state index contributed by atoms with van der Waals surface area (Å²) in [5.74, 6) is -0.522. The van der Waals surface area contributed by atoms with Crippen LogP contribution in [0.25, 0.3) is 0 Å². The van der Waals surface area contributed by atoms with E-state index in [1.807, 2.05) is 29.2 Å². The maximum absolute atomic E-state index is 11.8. The minimum absolute atomic E-state index is 0.129. The normalized spacial score (nSPS) is 18.1. The fourth-order valence-electron chi connectivity index (χ4n) is 2.45. The predicted molar refractivity (Wildman–Crippen MR) is 76.7 cm³/mol. The Kier molecular flexibility index (Phi) is 4.53. The van der Waals surface area contributed by atoms with Gasteiger partial charge in [0, 0.05) is 13.1 Å². The van der Waals surface area contributed by atoms with Crippen LogP contribution >= 0.6 is 0 Å². The van der Waals surface area contributed by atoms with E-state index < -0.39 is 11.9 Å². The second-order valence-electron chi connectivity index (χ2n) is 4.89. The summed E-state index contributed by atoms with van der Waals surface area (Å²) in [6, 6.07) is 7.49. The number of carbonyl (C=O) groups is 2. The molecule has 2 amide bonds. The minimum Gasteiger partial charge on any atom is -0.368 e. The zero-order valence-electron chi connectivity index (χ0n) is 11.3. The van der Waals surface area contributed by atoms with E-state index >= 15 is 0 Å². The van der Waals surface area contributed by atoms with Crippen LogP contribution in [0.4, 0.5) is 0 Å². The minimum atomic E-state index is -0.431. The standard InChI is InChI=1S/C15H19N3O2/c1-2-7-17-14(19)10-18-9-12-6-4-3-5-11(12)8-13(18)15(16)20/h2-6,13H,1,7-10H2,(H2,16,20)(H,17,19)/t13-/m0/s1. The van der Waals surface area contributed by atoms with Crippen LogP contribution in [-0.2, 0) is 22.6 Å². The highest BCUT2D eigenvalue weighted by Crippen LogP contribution is 2.22. The Morgan fingerprint density at radius 1 is 1.40 bits per heavy atom. The van der Waals surface area contributed by atoms with Crippen molar-refractivity contribution in [1.29, 1.82) is 0 Å². The van der Waals surface area contributed by atoms with Gasteiger partial charge in [0.2, 0.25) is 11.8 Å². The topological polar surface area (TPSA) is 75.4 Å². The smallest absolute Gasteiger partial charge is 0.235 e. The van der Waals surface area contributed by atoms with Gasteiger partial charge in [0.1, 0.15) is 0 Å². The van der Waals surface area contributed by atoms with Crippen LogP contribution in [0, 0.1) is 0 Å². The number of carbonyl (C=O) groups excluding carboxylic acids is 2. The van der Waals surface area contributed by atoms with Gasteiger partial charge in [-0.1, -0.05) is 30.3 Å². The lowest BCUT2D eigenvalue weighted by Crippen LogP contribution is -2.51. The molecule has 106 valence electrons. The van der Waals surface area contributed by atoms with Crippen molar-refractivity contribution in [3.8, 4) is 0 Å². The van der Waals surface area contributed by atoms with Crippen LogP contribution in [0.1, 0.15) is 11.1 Å². The van der Waals surface area contributed by atoms with E-state index in [-0.39, 0.29) is 12.5 Å². The number of hydrogen-bond acceptors (Lipinski definition) is 3. The first-order valence-corrected chi connectivity index (χ1v) is 6.59. The second kappa shape index (κ2) is 6.34. The summed E-state index contributed by atoms with van der Waals surface area (Å²) in [7, 11) is 0. The van der Waals surface area contributed by atoms with Gasteiger partial charge in [-0.3, -0.25) is 14.5 Å². The zero-order chi connectivity index (χ0) is 14.5. The molecule has 1 aromatic carbocycles. The molecule has 0 bridgehead atoms. The summed E-state index contributed by atoms with van der Waals surface area (Å²) < 4.78 is 0. The van der Waals surface area contributed by atoms with Crippen molar-refractivity contribution < 1.29 is 9.59 Å². The molecule has 5 nitrogen and oxygen atoms in total. The molecule has 0 unspecified atom stereocenters. The Bertz CT molecular complexity index is 528. The fourth-order valence-corrected chi connectivity index (χ4v) is 2.45. The molecule has 3 N–H and O–H groups in total. The first kappa shape index (κ1) is 14.3. The first-order valence-electron chi connectivity index (χ1n) is 6.59. The zero-order valence-corrected chi connectivity index (χ0v) is 11.3. The number of primary amides is 1. The summed E-state index contributed by atoms with van der Waals surface area (Å²) >= 11 is 0. The van der Waals surface area contributed by atoms with Gasteiger partial charge in [-0.25, -0.2) is 0 Å². The molecule has 1 atom stereocenters. The van der Waals surface area contributed by atoms with E-state index in [0.717, 1.165) is 11.1 Å². The molecule has 5 heteroatoms. The Balaban J connectivity index is 2.12. The molecule has 0 fully saturated rings. The number of hydrogen-bond donors (Lipinski definition) is 2. The summed E-state index contributed by atoms with van der Waals surface area (Å²) in [5, 5.41) is 2.71. The molecule has 1 aliphatic rings. The number of rotatable bonds is 5. The molecule has 1 heterocycles. The average molecular weight is 273 g/mol. The van der Waals surface area contributed by atoms with Crippen LogP contribution in [0.2, 0.25) is 0 Å². The molecule has 0 aliphatic carbocycles. The van der Waals surface area contributed by atoms with Gasteiger partial charge < -0.3 is 11.1 Å². The summed E-state index contributed by atoms with van der Waals surface area (Å²) in [5.41, 5.74) is 7.73. The molecule has 1 aliphatic heterocycles. The summed E-state index contributed by atoms with van der Waals surface area (Å²) in [6.07, 6.45) is 2.18. The van der Waals surface area contributed by atoms with Crippen molar-refractivity contribution in [1.82, 2.24) is 10.2 Å². The van der Waals surface area contributed by atoms with Gasteiger partial charge in [-0.15, -0.1) is 6.58 Å². The number of fused-ring (bicyclic) bond motifs is 1. The van der Waals surface area contributed by atoms with E-state index in [2.05, 4.69) is 11.9 Å². The van der Waals surface area contributed by atoms with Gasteiger partial charge in [-0.2, -0.15) is 0 Å². The summed E-state index contributed by atoms with van der Waals surface area (Å²) in [6.45, 7) is 4.69. The Morgan fingerprint density at radius 3 is 2.75 bits per heavy atom. The SMILES string of the molecule is C=CCNC(=O)CN1Cc2ccccc2C[C@H]1C(N)=O. The molecule has 0 spiro atoms. The van der Waals surface area contributed by atoms with Crippen molar-refractivity contribution in [3.05, 3.63) is 48.0 Å². The van der Waals surface area contributed by atoms with Crippen molar-refractivity contribution in [3.63, 3.8) is 0 Å². The van der Waals surface area contributed by atoms with E-state index in [4.69, 9.17) is 5.73 Å². The van der Waals surface area contributed by atoms with Gasteiger partial charge in [0.25, 0.3) is 0 Å². The highest BCUT2D eigenvalue weighted by Gasteiger charge is 2.30. The first-order chi connectivity index (χ1) is 9.61. The molecule has 1 aromatic rings. The van der Waals surface area contributed by atoms with E-state index in [1.54, 1.807) is 6.08 Å². The van der Waals surface area contributed by atoms with Crippen molar-refractivity contribution in [2.75, 3.05) is 13.1 Å². The number of benzene rings is 1. The van der Waals surface area contributed by atoms with Crippen molar-refractivity contribution in [2.45, 2.75) is 19.0 Å². The van der Waals surface area contributed by atoms with Crippen LogP contribution in [0.5, 0.6) is 0 Å². The van der Waals surface area contributed by atoms with Gasteiger partial charge in [0.05, 0.1) is 12.6 Å². The highest BCUT2D eigenvalue weighted by molar-refractivity contribution is 5.83. The molecule has 0 aromatic heterocycles. The number of amides is 2. The third-order valence-electron chi connectivity index (χ3n) is 3.46. The third kappa shape index (κ3) is 3.24. The molecule has 0 radical (unpaired) electrons. The maximum Gasteiger partial charge on any atom is 0.235 e. The molecular weight excluding hydrogens is 254 g/mol. The largest absolute Gasteiger partial charge is 0.368 e. The quantitative estimate of drug-likeness (QED) is 0.753. The molecule has 20 heavy (non-hydrogen) atoms. The second-order valence-corrected chi connectivity index (χ2v) is 4.89. The van der Waals surface area contributed by atoms with Gasteiger partial charge in [-0.05, 0) is 17.5 Å². The molecule has 2 rings (SSSR count). The predicted octanol–water partition coefficient (Wildman–Crippen LogP) is 0.201. The van der Waals surface area contributed by atoms with E-state index in [0.29, 0.717) is 19.5 Å². The van der Waals surface area contributed by atoms with Gasteiger partial charge in [0.15, 0.2) is 0 Å². The molecule has 0 saturated heterocycles. The lowest BCUT2D eigenvalue weighted by atomic mass is 9.93. The lowest BCUT2D eigenvalue weighted by molar-refractivity contribution is -0.127. The van der Waals surface area contributed by atoms with Crippen molar-refractivity contribution in [2.24, 2.45) is 5.73 Å². The summed E-state index contributed by atoms with van der Waals surface area (Å²) in [4.78, 5) is 25.2. The Morgan fingerprint density at radius 2 is 2.10 bits per heavy atom. The fraction of sp³-hybridized carbons (Fsp3) is 0.333. The Hall–Kier alpha value is -2.14. The van der Waals surface area contributed by atoms with Crippen molar-refractivity contribution >= 4 is 11.8 Å². The Labute approximate surface area is 118 Å². The van der Waals surface area contributed by atoms with Crippen LogP contribution in [-0.4, -0.2) is 35.8 Å². The van der Waals surface area contributed by atoms with E-state index in [9.17, 15) is 9.59 Å². The number of nitrogens with one attached hydrogen (secondary N) is 1. The third-order valence-corrected chi connectivity index (χ3v) is 3.46. The maximum atomic E-state index is 11.8. The van der Waals surface area contributed by atoms with Crippen LogP contribution < -0.4 is 11.1 Å². The van der Waals surface area contributed by atoms with Crippen LogP contribution in [0.15, 0.2) is 36.9 Å². The lowest BCUT2D eigenvalue weighted by Gasteiger charge is -2.34. The van der Waals surface area contributed by atoms with Gasteiger partial charge >= 0.3 is 0 Å². The van der Waals surface area contributed by atoms with E-state index in [1.165, 1.54) is 0 Å². The molecular formula is C15H19N3O2. The highest BCUT2D eigenvalue weighted by atomic mass is 16.2. The average Bonchev–Trinajstić information content (AvgIpc) is 2.44. The number of nitrogens with two attached hydrogens (primary N) is 1. The monoisotopic (exact) mass is 273 g/mol. The molecule has 0 saturated carbocycles. The number of nitrogens with zero attached hydrogens (tertiary/aromatic N) is 1.